The van der Waals surface area contributed by atoms with Crippen molar-refractivity contribution in [1.82, 2.24) is 4.72 Å². The Morgan fingerprint density at radius 1 is 1.03 bits per heavy atom. The Bertz CT molecular complexity index is 976. The number of rotatable bonds is 7. The minimum absolute atomic E-state index is 0.0445. The molecule has 2 N–H and O–H groups in total. The number of carbonyl (C=O) groups excluding carboxylic acids is 1. The molecule has 0 atom stereocenters. The number of carbonyl (C=O) groups is 1. The largest absolute Gasteiger partial charge is 0.482 e. The average molecular weight is 457 g/mol. The first-order valence-corrected chi connectivity index (χ1v) is 11.6. The van der Waals surface area contributed by atoms with Gasteiger partial charge in [-0.05, 0) is 43.2 Å². The molecule has 0 spiro atoms. The van der Waals surface area contributed by atoms with E-state index in [2.05, 4.69) is 10.0 Å². The summed E-state index contributed by atoms with van der Waals surface area (Å²) >= 11 is 12.2. The van der Waals surface area contributed by atoms with Gasteiger partial charge in [-0.25, -0.2) is 13.1 Å². The molecular formula is C20H22Cl2N2O4S. The molecule has 156 valence electrons. The van der Waals surface area contributed by atoms with Gasteiger partial charge in [0.15, 0.2) is 6.61 Å². The van der Waals surface area contributed by atoms with Crippen molar-refractivity contribution in [2.75, 3.05) is 11.9 Å². The van der Waals surface area contributed by atoms with Crippen LogP contribution in [-0.4, -0.2) is 27.0 Å². The molecule has 29 heavy (non-hydrogen) atoms. The maximum absolute atomic E-state index is 12.6. The van der Waals surface area contributed by atoms with E-state index in [4.69, 9.17) is 27.9 Å². The molecule has 6 nitrogen and oxygen atoms in total. The van der Waals surface area contributed by atoms with Crippen molar-refractivity contribution in [1.29, 1.82) is 0 Å². The van der Waals surface area contributed by atoms with Gasteiger partial charge in [0.05, 0.1) is 20.6 Å². The van der Waals surface area contributed by atoms with E-state index in [1.807, 2.05) is 0 Å². The standard InChI is InChI=1S/C20H22Cl2N2O4S/c21-16-8-4-5-9-18(16)23-20(25)13-28-19-11-10-15(12-17(19)22)29(26,27)24-14-6-2-1-3-7-14/h4-5,8-12,14,24H,1-3,6-7,13H2,(H,23,25). The van der Waals surface area contributed by atoms with Crippen molar-refractivity contribution in [3.05, 3.63) is 52.5 Å². The van der Waals surface area contributed by atoms with Crippen LogP contribution in [0, 0.1) is 0 Å². The summed E-state index contributed by atoms with van der Waals surface area (Å²) in [6.07, 6.45) is 4.87. The van der Waals surface area contributed by atoms with E-state index in [0.29, 0.717) is 10.7 Å². The SMILES string of the molecule is O=C(COc1ccc(S(=O)(=O)NC2CCCCC2)cc1Cl)Nc1ccccc1Cl. The van der Waals surface area contributed by atoms with E-state index in [0.717, 1.165) is 32.1 Å². The van der Waals surface area contributed by atoms with E-state index in [-0.39, 0.29) is 28.3 Å². The van der Waals surface area contributed by atoms with Gasteiger partial charge in [-0.3, -0.25) is 4.79 Å². The molecule has 1 aliphatic rings. The van der Waals surface area contributed by atoms with Gasteiger partial charge in [0, 0.05) is 6.04 Å². The number of hydrogen-bond donors (Lipinski definition) is 2. The van der Waals surface area contributed by atoms with Crippen LogP contribution in [0.15, 0.2) is 47.4 Å². The smallest absolute Gasteiger partial charge is 0.262 e. The molecule has 9 heteroatoms. The van der Waals surface area contributed by atoms with Crippen molar-refractivity contribution in [2.45, 2.75) is 43.0 Å². The van der Waals surface area contributed by atoms with Gasteiger partial charge >= 0.3 is 0 Å². The zero-order valence-corrected chi connectivity index (χ0v) is 18.0. The monoisotopic (exact) mass is 456 g/mol. The second-order valence-corrected chi connectivity index (χ2v) is 9.39. The van der Waals surface area contributed by atoms with E-state index in [1.54, 1.807) is 24.3 Å². The first kappa shape index (κ1) is 21.9. The third-order valence-electron chi connectivity index (χ3n) is 4.65. The summed E-state index contributed by atoms with van der Waals surface area (Å²) < 4.78 is 33.3. The molecule has 1 amide bonds. The zero-order chi connectivity index (χ0) is 20.9. The van der Waals surface area contributed by atoms with Gasteiger partial charge in [0.25, 0.3) is 5.91 Å². The Labute approximate surface area is 180 Å². The lowest BCUT2D eigenvalue weighted by atomic mass is 9.96. The molecule has 0 saturated heterocycles. The van der Waals surface area contributed by atoms with Gasteiger partial charge in [0.1, 0.15) is 5.75 Å². The fourth-order valence-electron chi connectivity index (χ4n) is 3.17. The molecule has 2 aromatic rings. The van der Waals surface area contributed by atoms with Crippen LogP contribution in [0.4, 0.5) is 5.69 Å². The normalized spacial score (nSPS) is 15.1. The third-order valence-corrected chi connectivity index (χ3v) is 6.79. The average Bonchev–Trinajstić information content (AvgIpc) is 2.69. The fourth-order valence-corrected chi connectivity index (χ4v) is 4.98. The maximum Gasteiger partial charge on any atom is 0.262 e. The molecule has 1 aliphatic carbocycles. The molecule has 0 aliphatic heterocycles. The molecule has 1 fully saturated rings. The number of nitrogens with one attached hydrogen (secondary N) is 2. The van der Waals surface area contributed by atoms with E-state index >= 15 is 0 Å². The van der Waals surface area contributed by atoms with Gasteiger partial charge in [-0.1, -0.05) is 54.6 Å². The van der Waals surface area contributed by atoms with Gasteiger partial charge in [0.2, 0.25) is 10.0 Å². The van der Waals surface area contributed by atoms with Gasteiger partial charge < -0.3 is 10.1 Å². The Morgan fingerprint density at radius 3 is 2.45 bits per heavy atom. The topological polar surface area (TPSA) is 84.5 Å². The summed E-state index contributed by atoms with van der Waals surface area (Å²) in [5.74, 6) is -0.192. The molecule has 0 radical (unpaired) electrons. The highest BCUT2D eigenvalue weighted by Gasteiger charge is 2.22. The lowest BCUT2D eigenvalue weighted by molar-refractivity contribution is -0.118. The molecule has 0 bridgehead atoms. The van der Waals surface area contributed by atoms with Crippen LogP contribution in [0.2, 0.25) is 10.0 Å². The summed E-state index contributed by atoms with van der Waals surface area (Å²) in [5.41, 5.74) is 0.476. The van der Waals surface area contributed by atoms with Crippen molar-refractivity contribution in [2.24, 2.45) is 0 Å². The number of halogens is 2. The molecule has 3 rings (SSSR count). The minimum atomic E-state index is -3.66. The highest BCUT2D eigenvalue weighted by Crippen LogP contribution is 2.28. The number of amides is 1. The summed E-state index contributed by atoms with van der Waals surface area (Å²) in [4.78, 5) is 12.1. The number of para-hydroxylation sites is 1. The van der Waals surface area contributed by atoms with Crippen LogP contribution >= 0.6 is 23.2 Å². The summed E-state index contributed by atoms with van der Waals surface area (Å²) in [7, 11) is -3.66. The first-order valence-electron chi connectivity index (χ1n) is 9.34. The number of benzene rings is 2. The lowest BCUT2D eigenvalue weighted by Crippen LogP contribution is -2.36. The lowest BCUT2D eigenvalue weighted by Gasteiger charge is -2.22. The number of hydrogen-bond acceptors (Lipinski definition) is 4. The third kappa shape index (κ3) is 6.09. The molecule has 1 saturated carbocycles. The molecule has 0 aromatic heterocycles. The van der Waals surface area contributed by atoms with Crippen molar-refractivity contribution in [3.8, 4) is 5.75 Å². The highest BCUT2D eigenvalue weighted by molar-refractivity contribution is 7.89. The zero-order valence-electron chi connectivity index (χ0n) is 15.7. The van der Waals surface area contributed by atoms with Crippen LogP contribution < -0.4 is 14.8 Å². The molecule has 0 heterocycles. The van der Waals surface area contributed by atoms with Crippen LogP contribution in [0.25, 0.3) is 0 Å². The Kier molecular flexibility index (Phi) is 7.40. The Morgan fingerprint density at radius 2 is 1.76 bits per heavy atom. The Hall–Kier alpha value is -1.80. The summed E-state index contributed by atoms with van der Waals surface area (Å²) in [6, 6.07) is 11.0. The van der Waals surface area contributed by atoms with Gasteiger partial charge in [-0.15, -0.1) is 0 Å². The second-order valence-electron chi connectivity index (χ2n) is 6.87. The predicted molar refractivity (Wildman–Crippen MR) is 114 cm³/mol. The molecular weight excluding hydrogens is 435 g/mol. The van der Waals surface area contributed by atoms with E-state index in [9.17, 15) is 13.2 Å². The number of anilines is 1. The predicted octanol–water partition coefficient (Wildman–Crippen LogP) is 4.62. The van der Waals surface area contributed by atoms with E-state index in [1.165, 1.54) is 18.2 Å². The second kappa shape index (κ2) is 9.80. The van der Waals surface area contributed by atoms with Crippen LogP contribution in [0.5, 0.6) is 5.75 Å². The van der Waals surface area contributed by atoms with Crippen LogP contribution in [-0.2, 0) is 14.8 Å². The highest BCUT2D eigenvalue weighted by atomic mass is 35.5. The summed E-state index contributed by atoms with van der Waals surface area (Å²) in [5, 5.41) is 3.16. The number of sulfonamides is 1. The Balaban J connectivity index is 1.60. The van der Waals surface area contributed by atoms with Crippen molar-refractivity contribution < 1.29 is 17.9 Å². The van der Waals surface area contributed by atoms with Crippen LogP contribution in [0.3, 0.4) is 0 Å². The van der Waals surface area contributed by atoms with Crippen LogP contribution in [0.1, 0.15) is 32.1 Å². The molecule has 0 unspecified atom stereocenters. The van der Waals surface area contributed by atoms with Crippen molar-refractivity contribution >= 4 is 44.8 Å². The molecule has 2 aromatic carbocycles. The first-order chi connectivity index (χ1) is 13.8. The fraction of sp³-hybridized carbons (Fsp3) is 0.350. The maximum atomic E-state index is 12.6. The summed E-state index contributed by atoms with van der Waals surface area (Å²) in [6.45, 7) is -0.294. The van der Waals surface area contributed by atoms with E-state index < -0.39 is 15.9 Å². The minimum Gasteiger partial charge on any atom is -0.482 e. The number of ether oxygens (including phenoxy) is 1. The quantitative estimate of drug-likeness (QED) is 0.636. The van der Waals surface area contributed by atoms with Gasteiger partial charge in [-0.2, -0.15) is 0 Å². The van der Waals surface area contributed by atoms with Crippen molar-refractivity contribution in [3.63, 3.8) is 0 Å².